The maximum absolute atomic E-state index is 11.7. The minimum atomic E-state index is -1.12. The van der Waals surface area contributed by atoms with Crippen LogP contribution in [0.3, 0.4) is 0 Å². The summed E-state index contributed by atoms with van der Waals surface area (Å²) in [7, 11) is 3.00. The van der Waals surface area contributed by atoms with Crippen molar-refractivity contribution in [2.45, 2.75) is 17.7 Å². The Morgan fingerprint density at radius 2 is 2.14 bits per heavy atom. The highest BCUT2D eigenvalue weighted by molar-refractivity contribution is 8.77. The molecule has 0 radical (unpaired) electrons. The zero-order valence-electron chi connectivity index (χ0n) is 16.0. The van der Waals surface area contributed by atoms with Crippen molar-refractivity contribution in [3.8, 4) is 0 Å². The second-order valence-corrected chi connectivity index (χ2v) is 9.27. The van der Waals surface area contributed by atoms with Gasteiger partial charge in [-0.1, -0.05) is 58.5 Å². The van der Waals surface area contributed by atoms with Crippen LogP contribution in [0.25, 0.3) is 0 Å². The molecule has 1 heterocycles. The van der Waals surface area contributed by atoms with Gasteiger partial charge in [0.15, 0.2) is 0 Å². The van der Waals surface area contributed by atoms with Gasteiger partial charge in [-0.3, -0.25) is 19.3 Å². The van der Waals surface area contributed by atoms with Gasteiger partial charge in [-0.05, 0) is 23.6 Å². The number of carbonyl (C=O) groups is 3. The number of amides is 1. The molecule has 2 atom stereocenters. The Balaban J connectivity index is 2.58. The molecule has 1 rings (SSSR count). The van der Waals surface area contributed by atoms with Gasteiger partial charge in [0.1, 0.15) is 12.8 Å². The van der Waals surface area contributed by atoms with Gasteiger partial charge >= 0.3 is 5.97 Å². The van der Waals surface area contributed by atoms with Gasteiger partial charge in [-0.2, -0.15) is 0 Å². The number of nitrogens with two attached hydrogens (primary N) is 1. The molecule has 1 saturated heterocycles. The van der Waals surface area contributed by atoms with Crippen molar-refractivity contribution in [2.24, 2.45) is 5.73 Å². The van der Waals surface area contributed by atoms with Crippen LogP contribution in [-0.4, -0.2) is 71.4 Å². The van der Waals surface area contributed by atoms with Gasteiger partial charge in [0, 0.05) is 35.7 Å². The Bertz CT molecular complexity index is 697. The number of hydrogen-bond acceptors (Lipinski definition) is 7. The smallest absolute Gasteiger partial charge is 0.322 e. The van der Waals surface area contributed by atoms with Crippen molar-refractivity contribution < 1.29 is 19.5 Å². The molecule has 29 heavy (non-hydrogen) atoms. The Kier molecular flexibility index (Phi) is 12.0. The van der Waals surface area contributed by atoms with E-state index in [9.17, 15) is 14.4 Å². The van der Waals surface area contributed by atoms with Crippen molar-refractivity contribution >= 4 is 51.4 Å². The Morgan fingerprint density at radius 1 is 1.41 bits per heavy atom. The molecular formula is C19H26ClN3O4S2. The van der Waals surface area contributed by atoms with E-state index >= 15 is 0 Å². The van der Waals surface area contributed by atoms with E-state index in [1.807, 2.05) is 0 Å². The number of rotatable bonds is 12. The summed E-state index contributed by atoms with van der Waals surface area (Å²) in [5, 5.41) is 11.5. The molecule has 4 N–H and O–H groups in total. The van der Waals surface area contributed by atoms with Crippen molar-refractivity contribution in [1.29, 1.82) is 0 Å². The molecule has 0 aromatic carbocycles. The average Bonchev–Trinajstić information content (AvgIpc) is 2.70. The molecule has 0 aliphatic carbocycles. The van der Waals surface area contributed by atoms with Crippen molar-refractivity contribution in [2.75, 3.05) is 31.9 Å². The van der Waals surface area contributed by atoms with Crippen LogP contribution in [0, 0.1) is 0 Å². The number of carboxylic acid groups (broad SMARTS) is 1. The molecule has 0 bridgehead atoms. The van der Waals surface area contributed by atoms with Crippen LogP contribution in [-0.2, 0) is 14.4 Å². The largest absolute Gasteiger partial charge is 0.480 e. The molecule has 160 valence electrons. The van der Waals surface area contributed by atoms with E-state index in [4.69, 9.17) is 22.4 Å². The predicted octanol–water partition coefficient (Wildman–Crippen LogP) is 1.96. The maximum atomic E-state index is 11.7. The highest BCUT2D eigenvalue weighted by Gasteiger charge is 2.25. The summed E-state index contributed by atoms with van der Waals surface area (Å²) >= 11 is 6.15. The summed E-state index contributed by atoms with van der Waals surface area (Å²) in [5.74, 6) is -1.28. The molecule has 1 aliphatic rings. The highest BCUT2D eigenvalue weighted by atomic mass is 35.5. The third-order valence-electron chi connectivity index (χ3n) is 4.12. The summed E-state index contributed by atoms with van der Waals surface area (Å²) in [6.45, 7) is 9.07. The van der Waals surface area contributed by atoms with Gasteiger partial charge in [0.2, 0.25) is 5.91 Å². The number of aldehydes is 1. The van der Waals surface area contributed by atoms with Crippen molar-refractivity contribution in [1.82, 2.24) is 10.2 Å². The molecule has 0 saturated carbocycles. The van der Waals surface area contributed by atoms with Crippen LogP contribution in [0.15, 0.2) is 47.6 Å². The molecular weight excluding hydrogens is 434 g/mol. The number of aliphatic carboxylic acids is 1. The van der Waals surface area contributed by atoms with Gasteiger partial charge in [0.25, 0.3) is 0 Å². The number of carbonyl (C=O) groups excluding carboxylic acids is 2. The maximum Gasteiger partial charge on any atom is 0.322 e. The lowest BCUT2D eigenvalue weighted by Gasteiger charge is -2.34. The monoisotopic (exact) mass is 459 g/mol. The Labute approximate surface area is 183 Å². The summed E-state index contributed by atoms with van der Waals surface area (Å²) in [6.07, 6.45) is 6.48. The first-order valence-electron chi connectivity index (χ1n) is 8.85. The molecule has 1 amide bonds. The second-order valence-electron chi connectivity index (χ2n) is 6.25. The first-order chi connectivity index (χ1) is 13.8. The number of allylic oxidation sites excluding steroid dienone is 3. The van der Waals surface area contributed by atoms with E-state index in [0.29, 0.717) is 23.9 Å². The summed E-state index contributed by atoms with van der Waals surface area (Å²) in [4.78, 5) is 35.5. The lowest BCUT2D eigenvalue weighted by Crippen LogP contribution is -2.44. The first kappa shape index (κ1) is 25.5. The highest BCUT2D eigenvalue weighted by Crippen LogP contribution is 2.36. The van der Waals surface area contributed by atoms with E-state index in [1.54, 1.807) is 29.0 Å². The molecule has 2 unspecified atom stereocenters. The van der Waals surface area contributed by atoms with E-state index in [0.717, 1.165) is 30.4 Å². The molecule has 10 heteroatoms. The normalized spacial score (nSPS) is 20.5. The Morgan fingerprint density at radius 3 is 2.72 bits per heavy atom. The third-order valence-corrected chi connectivity index (χ3v) is 7.43. The summed E-state index contributed by atoms with van der Waals surface area (Å²) < 4.78 is 0. The lowest BCUT2D eigenvalue weighted by molar-refractivity contribution is -0.138. The first-order valence-corrected chi connectivity index (χ1v) is 11.6. The second kappa shape index (κ2) is 13.7. The fraction of sp³-hybridized carbons (Fsp3) is 0.421. The van der Waals surface area contributed by atoms with Gasteiger partial charge in [0.05, 0.1) is 6.04 Å². The van der Waals surface area contributed by atoms with Gasteiger partial charge < -0.3 is 16.2 Å². The molecule has 1 fully saturated rings. The number of halogens is 1. The number of hydrogen-bond donors (Lipinski definition) is 3. The fourth-order valence-electron chi connectivity index (χ4n) is 2.59. The molecule has 0 spiro atoms. The third kappa shape index (κ3) is 9.22. The number of nitrogens with one attached hydrogen (secondary N) is 1. The van der Waals surface area contributed by atoms with Crippen LogP contribution >= 0.6 is 33.2 Å². The van der Waals surface area contributed by atoms with Crippen LogP contribution < -0.4 is 11.1 Å². The molecule has 7 nitrogen and oxygen atoms in total. The van der Waals surface area contributed by atoms with E-state index < -0.39 is 24.5 Å². The number of nitrogens with zero attached hydrogens (tertiary/aromatic N) is 1. The minimum absolute atomic E-state index is 0.127. The molecule has 1 aliphatic heterocycles. The van der Waals surface area contributed by atoms with E-state index in [-0.39, 0.29) is 5.25 Å². The summed E-state index contributed by atoms with van der Waals surface area (Å²) in [6, 6.07) is -0.799. The summed E-state index contributed by atoms with van der Waals surface area (Å²) in [5.41, 5.74) is 7.66. The standard InChI is InChI=1S/C19H26ClN3O4S2/c1-3-13(15(20)4-2)10-23-7-5-17(14(11-23)6-8-24)29-28-12-16(21)19(27)22-9-18(25)26/h3-4,6,8,16-17H,1-2,5,7,9-12,21H2,(H,22,27)(H,25,26)/b14-6-,15-13-. The SMILES string of the molecule is C=C/C(Cl)=C(\C=C)CN1CCC(SSCC(N)C(=O)NCC(=O)O)/C(=C\C=O)C1. The van der Waals surface area contributed by atoms with E-state index in [2.05, 4.69) is 23.4 Å². The molecule has 0 aromatic rings. The van der Waals surface area contributed by atoms with Crippen molar-refractivity contribution in [3.05, 3.63) is 47.6 Å². The van der Waals surface area contributed by atoms with Crippen LogP contribution in [0.4, 0.5) is 0 Å². The quantitative estimate of drug-likeness (QED) is 0.176. The lowest BCUT2D eigenvalue weighted by atomic mass is 10.0. The predicted molar refractivity (Wildman–Crippen MR) is 121 cm³/mol. The van der Waals surface area contributed by atoms with E-state index in [1.165, 1.54) is 10.8 Å². The van der Waals surface area contributed by atoms with Crippen molar-refractivity contribution in [3.63, 3.8) is 0 Å². The average molecular weight is 460 g/mol. The Hall–Kier alpha value is -1.52. The van der Waals surface area contributed by atoms with Gasteiger partial charge in [-0.25, -0.2) is 0 Å². The molecule has 0 aromatic heterocycles. The van der Waals surface area contributed by atoms with Crippen LogP contribution in [0.1, 0.15) is 6.42 Å². The van der Waals surface area contributed by atoms with Gasteiger partial charge in [-0.15, -0.1) is 0 Å². The fourth-order valence-corrected chi connectivity index (χ4v) is 5.57. The zero-order valence-corrected chi connectivity index (χ0v) is 18.4. The number of likely N-dealkylation sites (tertiary alicyclic amines) is 1. The van der Waals surface area contributed by atoms with Crippen LogP contribution in [0.5, 0.6) is 0 Å². The number of carboxylic acids is 1. The topological polar surface area (TPSA) is 113 Å². The minimum Gasteiger partial charge on any atom is -0.480 e. The zero-order chi connectivity index (χ0) is 21.8. The number of piperidine rings is 1. The van der Waals surface area contributed by atoms with Crippen LogP contribution in [0.2, 0.25) is 0 Å².